The third-order valence-electron chi connectivity index (χ3n) is 4.27. The molecule has 1 unspecified atom stereocenters. The molecule has 144 valence electrons. The Bertz CT molecular complexity index is 771. The summed E-state index contributed by atoms with van der Waals surface area (Å²) in [7, 11) is 1.72. The molecule has 1 fully saturated rings. The Morgan fingerprint density at radius 3 is 2.93 bits per heavy atom. The third kappa shape index (κ3) is 5.47. The molecule has 2 N–H and O–H groups in total. The van der Waals surface area contributed by atoms with Gasteiger partial charge in [-0.2, -0.15) is 0 Å². The van der Waals surface area contributed by atoms with E-state index in [-0.39, 0.29) is 11.9 Å². The van der Waals surface area contributed by atoms with E-state index in [9.17, 15) is 4.39 Å². The molecule has 1 aliphatic rings. The van der Waals surface area contributed by atoms with Crippen LogP contribution in [0.1, 0.15) is 6.42 Å². The van der Waals surface area contributed by atoms with Crippen LogP contribution in [0.25, 0.3) is 0 Å². The standard InChI is InChI=1S/C19H23ClFN5O/c1-22-19(24-10-12-27-16-6-4-14(20)5-7-16)25-15-8-11-26(13-15)18-17(21)3-2-9-23-18/h2-7,9,15H,8,10-13H2,1H3,(H2,22,24,25). The molecule has 0 amide bonds. The molecule has 1 aromatic carbocycles. The summed E-state index contributed by atoms with van der Waals surface area (Å²) in [5.74, 6) is 1.58. The van der Waals surface area contributed by atoms with Crippen LogP contribution in [0.4, 0.5) is 10.2 Å². The molecule has 8 heteroatoms. The average Bonchev–Trinajstić information content (AvgIpc) is 3.14. The fraction of sp³-hybridized carbons (Fsp3) is 0.368. The molecule has 0 bridgehead atoms. The van der Waals surface area contributed by atoms with Gasteiger partial charge in [0, 0.05) is 37.4 Å². The lowest BCUT2D eigenvalue weighted by atomic mass is 10.3. The van der Waals surface area contributed by atoms with Crippen LogP contribution in [0, 0.1) is 5.82 Å². The molecule has 1 aromatic heterocycles. The second kappa shape index (κ2) is 9.41. The minimum absolute atomic E-state index is 0.176. The number of benzene rings is 1. The van der Waals surface area contributed by atoms with Crippen molar-refractivity contribution in [1.29, 1.82) is 0 Å². The molecule has 0 radical (unpaired) electrons. The third-order valence-corrected chi connectivity index (χ3v) is 4.52. The van der Waals surface area contributed by atoms with E-state index in [2.05, 4.69) is 20.6 Å². The van der Waals surface area contributed by atoms with Crippen molar-refractivity contribution < 1.29 is 9.13 Å². The Morgan fingerprint density at radius 2 is 2.19 bits per heavy atom. The van der Waals surface area contributed by atoms with Crippen LogP contribution < -0.4 is 20.3 Å². The average molecular weight is 392 g/mol. The number of aliphatic imine (C=N–C) groups is 1. The van der Waals surface area contributed by atoms with Crippen LogP contribution >= 0.6 is 11.6 Å². The summed E-state index contributed by atoms with van der Waals surface area (Å²) in [4.78, 5) is 10.3. The van der Waals surface area contributed by atoms with E-state index in [0.29, 0.717) is 36.5 Å². The number of guanidine groups is 1. The zero-order chi connectivity index (χ0) is 19.1. The van der Waals surface area contributed by atoms with Gasteiger partial charge in [-0.05, 0) is 42.8 Å². The first-order valence-corrected chi connectivity index (χ1v) is 9.24. The highest BCUT2D eigenvalue weighted by Crippen LogP contribution is 2.20. The maximum Gasteiger partial charge on any atom is 0.191 e. The van der Waals surface area contributed by atoms with Gasteiger partial charge in [0.2, 0.25) is 0 Å². The number of hydrogen-bond acceptors (Lipinski definition) is 4. The first-order valence-electron chi connectivity index (χ1n) is 8.86. The van der Waals surface area contributed by atoms with E-state index in [1.54, 1.807) is 31.4 Å². The number of hydrogen-bond donors (Lipinski definition) is 2. The SMILES string of the molecule is CN=C(NCCOc1ccc(Cl)cc1)NC1CCN(c2ncccc2F)C1. The lowest BCUT2D eigenvalue weighted by Gasteiger charge is -2.20. The van der Waals surface area contributed by atoms with Crippen molar-refractivity contribution in [2.24, 2.45) is 4.99 Å². The lowest BCUT2D eigenvalue weighted by molar-refractivity contribution is 0.321. The lowest BCUT2D eigenvalue weighted by Crippen LogP contribution is -2.45. The number of nitrogens with one attached hydrogen (secondary N) is 2. The first kappa shape index (κ1) is 19.2. The molecule has 1 atom stereocenters. The van der Waals surface area contributed by atoms with E-state index in [0.717, 1.165) is 18.7 Å². The molecular weight excluding hydrogens is 369 g/mol. The summed E-state index contributed by atoms with van der Waals surface area (Å²) in [5, 5.41) is 7.27. The number of ether oxygens (including phenoxy) is 1. The maximum atomic E-state index is 13.9. The second-order valence-corrected chi connectivity index (χ2v) is 6.62. The summed E-state index contributed by atoms with van der Waals surface area (Å²) < 4.78 is 19.5. The van der Waals surface area contributed by atoms with E-state index in [4.69, 9.17) is 16.3 Å². The predicted molar refractivity (Wildman–Crippen MR) is 106 cm³/mol. The van der Waals surface area contributed by atoms with E-state index < -0.39 is 0 Å². The topological polar surface area (TPSA) is 61.8 Å². The highest BCUT2D eigenvalue weighted by atomic mass is 35.5. The van der Waals surface area contributed by atoms with Crippen LogP contribution in [0.3, 0.4) is 0 Å². The molecule has 0 aliphatic carbocycles. The minimum Gasteiger partial charge on any atom is -0.492 e. The van der Waals surface area contributed by atoms with Crippen molar-refractivity contribution in [2.75, 3.05) is 38.2 Å². The van der Waals surface area contributed by atoms with Crippen LogP contribution in [0.15, 0.2) is 47.6 Å². The molecule has 0 saturated carbocycles. The fourth-order valence-electron chi connectivity index (χ4n) is 2.94. The van der Waals surface area contributed by atoms with Gasteiger partial charge in [0.05, 0.1) is 6.54 Å². The van der Waals surface area contributed by atoms with Crippen molar-refractivity contribution in [3.05, 3.63) is 53.4 Å². The van der Waals surface area contributed by atoms with Crippen LogP contribution in [0.5, 0.6) is 5.75 Å². The smallest absolute Gasteiger partial charge is 0.191 e. The van der Waals surface area contributed by atoms with Gasteiger partial charge in [-0.1, -0.05) is 11.6 Å². The van der Waals surface area contributed by atoms with Gasteiger partial charge in [-0.25, -0.2) is 9.37 Å². The largest absolute Gasteiger partial charge is 0.492 e. The Morgan fingerprint density at radius 1 is 1.37 bits per heavy atom. The van der Waals surface area contributed by atoms with Gasteiger partial charge in [-0.3, -0.25) is 4.99 Å². The zero-order valence-electron chi connectivity index (χ0n) is 15.2. The molecule has 6 nitrogen and oxygen atoms in total. The maximum absolute atomic E-state index is 13.9. The number of halogens is 2. The summed E-state index contributed by atoms with van der Waals surface area (Å²) in [6.07, 6.45) is 2.50. The number of rotatable bonds is 6. The molecule has 0 spiro atoms. The summed E-state index contributed by atoms with van der Waals surface area (Å²) >= 11 is 5.85. The number of pyridine rings is 1. The van der Waals surface area contributed by atoms with E-state index in [1.165, 1.54) is 6.07 Å². The molecule has 27 heavy (non-hydrogen) atoms. The highest BCUT2D eigenvalue weighted by Gasteiger charge is 2.25. The van der Waals surface area contributed by atoms with Gasteiger partial charge in [0.15, 0.2) is 17.6 Å². The molecule has 1 aliphatic heterocycles. The summed E-state index contributed by atoms with van der Waals surface area (Å²) in [5.41, 5.74) is 0. The van der Waals surface area contributed by atoms with Gasteiger partial charge < -0.3 is 20.3 Å². The minimum atomic E-state index is -0.292. The fourth-order valence-corrected chi connectivity index (χ4v) is 3.06. The predicted octanol–water partition coefficient (Wildman–Crippen LogP) is 2.70. The Labute approximate surface area is 163 Å². The van der Waals surface area contributed by atoms with Crippen molar-refractivity contribution in [3.63, 3.8) is 0 Å². The second-order valence-electron chi connectivity index (χ2n) is 6.19. The van der Waals surface area contributed by atoms with Crippen molar-refractivity contribution in [3.8, 4) is 5.75 Å². The summed E-state index contributed by atoms with van der Waals surface area (Å²) in [6, 6.07) is 10.5. The molecule has 2 heterocycles. The van der Waals surface area contributed by atoms with Gasteiger partial charge in [0.25, 0.3) is 0 Å². The quantitative estimate of drug-likeness (QED) is 0.450. The molecule has 1 saturated heterocycles. The number of anilines is 1. The van der Waals surface area contributed by atoms with Gasteiger partial charge in [0.1, 0.15) is 12.4 Å². The number of aromatic nitrogens is 1. The van der Waals surface area contributed by atoms with E-state index in [1.807, 2.05) is 17.0 Å². The van der Waals surface area contributed by atoms with Gasteiger partial charge in [-0.15, -0.1) is 0 Å². The Kier molecular flexibility index (Phi) is 6.70. The first-order chi connectivity index (χ1) is 13.2. The molecule has 3 rings (SSSR count). The van der Waals surface area contributed by atoms with Crippen molar-refractivity contribution in [1.82, 2.24) is 15.6 Å². The zero-order valence-corrected chi connectivity index (χ0v) is 15.9. The van der Waals surface area contributed by atoms with Gasteiger partial charge >= 0.3 is 0 Å². The molecular formula is C19H23ClFN5O. The van der Waals surface area contributed by atoms with Crippen LogP contribution in [-0.4, -0.2) is 50.3 Å². The number of nitrogens with zero attached hydrogens (tertiary/aromatic N) is 3. The Balaban J connectivity index is 1.41. The van der Waals surface area contributed by atoms with Crippen LogP contribution in [0.2, 0.25) is 5.02 Å². The monoisotopic (exact) mass is 391 g/mol. The highest BCUT2D eigenvalue weighted by molar-refractivity contribution is 6.30. The Hall–Kier alpha value is -2.54. The van der Waals surface area contributed by atoms with Crippen molar-refractivity contribution >= 4 is 23.4 Å². The summed E-state index contributed by atoms with van der Waals surface area (Å²) in [6.45, 7) is 2.53. The van der Waals surface area contributed by atoms with E-state index >= 15 is 0 Å². The van der Waals surface area contributed by atoms with Crippen molar-refractivity contribution in [2.45, 2.75) is 12.5 Å². The normalized spacial score (nSPS) is 17.1. The van der Waals surface area contributed by atoms with Crippen LogP contribution in [-0.2, 0) is 0 Å². The molecule has 2 aromatic rings.